The molecule has 0 atom stereocenters. The maximum Gasteiger partial charge on any atom is 0.273 e. The molecule has 0 bridgehead atoms. The van der Waals surface area contributed by atoms with Crippen LogP contribution in [0.5, 0.6) is 11.5 Å². The molecule has 1 aromatic carbocycles. The van der Waals surface area contributed by atoms with E-state index in [1.54, 1.807) is 18.2 Å². The van der Waals surface area contributed by atoms with Crippen molar-refractivity contribution in [3.63, 3.8) is 0 Å². The number of benzene rings is 1. The maximum atomic E-state index is 11.6. The topological polar surface area (TPSA) is 83.4 Å². The Morgan fingerprint density at radius 2 is 2.24 bits per heavy atom. The fourth-order valence-corrected chi connectivity index (χ4v) is 2.23. The van der Waals surface area contributed by atoms with E-state index in [9.17, 15) is 4.79 Å². The fourth-order valence-electron chi connectivity index (χ4n) is 1.74. The summed E-state index contributed by atoms with van der Waals surface area (Å²) in [5, 5.41) is 14.3. The molecule has 1 heterocycles. The first-order valence-corrected chi connectivity index (χ1v) is 6.55. The minimum atomic E-state index is -0.327. The number of hydrogen-bond donors (Lipinski definition) is 2. The molecule has 1 amide bonds. The first-order chi connectivity index (χ1) is 10.0. The normalized spacial score (nSPS) is 15.4. The zero-order valence-corrected chi connectivity index (χ0v) is 12.5. The van der Waals surface area contributed by atoms with Crippen molar-refractivity contribution in [3.8, 4) is 17.6 Å². The largest absolute Gasteiger partial charge is 0.491 e. The molecule has 0 spiro atoms. The summed E-state index contributed by atoms with van der Waals surface area (Å²) in [4.78, 5) is 11.6. The van der Waals surface area contributed by atoms with Gasteiger partial charge in [-0.1, -0.05) is 11.6 Å². The van der Waals surface area contributed by atoms with Gasteiger partial charge in [-0.05, 0) is 36.0 Å². The van der Waals surface area contributed by atoms with Gasteiger partial charge in [0.15, 0.2) is 23.2 Å². The van der Waals surface area contributed by atoms with Gasteiger partial charge in [0, 0.05) is 0 Å². The molecule has 0 radical (unpaired) electrons. The Kier molecular flexibility index (Phi) is 4.62. The molecule has 108 valence electrons. The van der Waals surface area contributed by atoms with Crippen molar-refractivity contribution in [3.05, 3.63) is 28.4 Å². The number of hydrogen-bond acceptors (Lipinski definition) is 5. The highest BCUT2D eigenvalue weighted by molar-refractivity contribution is 7.80. The third-order valence-corrected chi connectivity index (χ3v) is 3.04. The molecule has 1 saturated heterocycles. The number of ether oxygens (including phenoxy) is 2. The zero-order chi connectivity index (χ0) is 15.4. The molecule has 0 aromatic heterocycles. The second kappa shape index (κ2) is 6.43. The highest BCUT2D eigenvalue weighted by atomic mass is 35.5. The molecule has 2 rings (SSSR count). The summed E-state index contributed by atoms with van der Waals surface area (Å²) < 4.78 is 10.4. The van der Waals surface area contributed by atoms with Gasteiger partial charge in [-0.3, -0.25) is 10.1 Å². The third-order valence-electron chi connectivity index (χ3n) is 2.56. The SMILES string of the molecule is COc1c(Cl)cc(/C=C2/NC(=S)NC2=O)cc1OCC#N. The number of nitrogens with one attached hydrogen (secondary N) is 2. The molecule has 8 heteroatoms. The van der Waals surface area contributed by atoms with Gasteiger partial charge in [0.05, 0.1) is 12.1 Å². The van der Waals surface area contributed by atoms with Gasteiger partial charge in [-0.15, -0.1) is 0 Å². The summed E-state index contributed by atoms with van der Waals surface area (Å²) in [5.74, 6) is 0.319. The van der Waals surface area contributed by atoms with Crippen LogP contribution in [0.1, 0.15) is 5.56 Å². The molecule has 0 aliphatic carbocycles. The summed E-state index contributed by atoms with van der Waals surface area (Å²) in [7, 11) is 1.45. The van der Waals surface area contributed by atoms with E-state index in [4.69, 9.17) is 38.6 Å². The number of methoxy groups -OCH3 is 1. The second-order valence-corrected chi connectivity index (χ2v) is 4.76. The Labute approximate surface area is 131 Å². The van der Waals surface area contributed by atoms with Crippen LogP contribution >= 0.6 is 23.8 Å². The van der Waals surface area contributed by atoms with E-state index in [-0.39, 0.29) is 17.6 Å². The molecular weight excluding hydrogens is 314 g/mol. The van der Waals surface area contributed by atoms with Crippen LogP contribution in [0.25, 0.3) is 6.08 Å². The van der Waals surface area contributed by atoms with E-state index >= 15 is 0 Å². The number of carbonyl (C=O) groups is 1. The first kappa shape index (κ1) is 15.1. The van der Waals surface area contributed by atoms with E-state index in [0.29, 0.717) is 27.8 Å². The van der Waals surface area contributed by atoms with Gasteiger partial charge >= 0.3 is 0 Å². The zero-order valence-electron chi connectivity index (χ0n) is 10.9. The fraction of sp³-hybridized carbons (Fsp3) is 0.154. The van der Waals surface area contributed by atoms with Gasteiger partial charge in [-0.25, -0.2) is 0 Å². The van der Waals surface area contributed by atoms with Crippen LogP contribution in [0.2, 0.25) is 5.02 Å². The van der Waals surface area contributed by atoms with E-state index in [0.717, 1.165) is 0 Å². The van der Waals surface area contributed by atoms with Crippen LogP contribution in [-0.2, 0) is 4.79 Å². The van der Waals surface area contributed by atoms with E-state index in [1.165, 1.54) is 7.11 Å². The predicted octanol–water partition coefficient (Wildman–Crippen LogP) is 1.60. The number of rotatable bonds is 4. The Morgan fingerprint density at radius 3 is 2.81 bits per heavy atom. The van der Waals surface area contributed by atoms with Crippen molar-refractivity contribution in [2.45, 2.75) is 0 Å². The van der Waals surface area contributed by atoms with Crippen molar-refractivity contribution in [1.29, 1.82) is 5.26 Å². The number of nitriles is 1. The Morgan fingerprint density at radius 1 is 1.48 bits per heavy atom. The number of amides is 1. The number of nitrogens with zero attached hydrogens (tertiary/aromatic N) is 1. The molecule has 0 saturated carbocycles. The van der Waals surface area contributed by atoms with Crippen LogP contribution in [0.4, 0.5) is 0 Å². The molecule has 1 aliphatic heterocycles. The molecule has 0 unspecified atom stereocenters. The quantitative estimate of drug-likeness (QED) is 0.647. The molecule has 21 heavy (non-hydrogen) atoms. The van der Waals surface area contributed by atoms with E-state index in [2.05, 4.69) is 10.6 Å². The monoisotopic (exact) mass is 323 g/mol. The summed E-state index contributed by atoms with van der Waals surface area (Å²) >= 11 is 10.9. The highest BCUT2D eigenvalue weighted by Gasteiger charge is 2.20. The standard InChI is InChI=1S/C13H10ClN3O3S/c1-19-11-8(14)4-7(6-10(11)20-3-2-15)5-9-12(18)17-13(21)16-9/h4-6H,3H2,1H3,(H2,16,17,18,21)/b9-5+. The highest BCUT2D eigenvalue weighted by Crippen LogP contribution is 2.36. The van der Waals surface area contributed by atoms with Gasteiger partial charge in [0.1, 0.15) is 11.8 Å². The Hall–Kier alpha value is -2.30. The van der Waals surface area contributed by atoms with Gasteiger partial charge in [-0.2, -0.15) is 5.26 Å². The van der Waals surface area contributed by atoms with Crippen LogP contribution < -0.4 is 20.1 Å². The molecular formula is C13H10ClN3O3S. The summed E-state index contributed by atoms with van der Waals surface area (Å²) in [6, 6.07) is 5.09. The molecule has 1 fully saturated rings. The minimum absolute atomic E-state index is 0.143. The number of thiocarbonyl (C=S) groups is 1. The smallest absolute Gasteiger partial charge is 0.273 e. The summed E-state index contributed by atoms with van der Waals surface area (Å²) in [6.45, 7) is -0.143. The lowest BCUT2D eigenvalue weighted by Crippen LogP contribution is -2.21. The van der Waals surface area contributed by atoms with Crippen LogP contribution in [0.15, 0.2) is 17.8 Å². The molecule has 2 N–H and O–H groups in total. The van der Waals surface area contributed by atoms with Crippen LogP contribution in [-0.4, -0.2) is 24.7 Å². The van der Waals surface area contributed by atoms with Crippen molar-refractivity contribution < 1.29 is 14.3 Å². The van der Waals surface area contributed by atoms with Crippen LogP contribution in [0.3, 0.4) is 0 Å². The third kappa shape index (κ3) is 3.42. The lowest BCUT2D eigenvalue weighted by Gasteiger charge is -2.11. The van der Waals surface area contributed by atoms with Gasteiger partial charge in [0.25, 0.3) is 5.91 Å². The lowest BCUT2D eigenvalue weighted by atomic mass is 10.1. The van der Waals surface area contributed by atoms with Crippen molar-refractivity contribution in [2.75, 3.05) is 13.7 Å². The van der Waals surface area contributed by atoms with Crippen LogP contribution in [0, 0.1) is 11.3 Å². The lowest BCUT2D eigenvalue weighted by molar-refractivity contribution is -0.115. The minimum Gasteiger partial charge on any atom is -0.491 e. The molecule has 6 nitrogen and oxygen atoms in total. The van der Waals surface area contributed by atoms with Crippen molar-refractivity contribution >= 4 is 40.9 Å². The Balaban J connectivity index is 2.39. The molecule has 1 aromatic rings. The molecule has 1 aliphatic rings. The average Bonchev–Trinajstić information content (AvgIpc) is 2.74. The van der Waals surface area contributed by atoms with Gasteiger partial charge < -0.3 is 14.8 Å². The van der Waals surface area contributed by atoms with Crippen molar-refractivity contribution in [2.24, 2.45) is 0 Å². The number of carbonyl (C=O) groups excluding carboxylic acids is 1. The Bertz CT molecular complexity index is 682. The first-order valence-electron chi connectivity index (χ1n) is 5.76. The second-order valence-electron chi connectivity index (χ2n) is 3.95. The van der Waals surface area contributed by atoms with Crippen molar-refractivity contribution in [1.82, 2.24) is 10.6 Å². The average molecular weight is 324 g/mol. The van der Waals surface area contributed by atoms with E-state index in [1.807, 2.05) is 6.07 Å². The number of halogens is 1. The summed E-state index contributed by atoms with van der Waals surface area (Å²) in [6.07, 6.45) is 1.57. The summed E-state index contributed by atoms with van der Waals surface area (Å²) in [5.41, 5.74) is 0.906. The predicted molar refractivity (Wildman–Crippen MR) is 81.0 cm³/mol. The van der Waals surface area contributed by atoms with Gasteiger partial charge in [0.2, 0.25) is 0 Å². The maximum absolute atomic E-state index is 11.6. The van der Waals surface area contributed by atoms with E-state index < -0.39 is 0 Å².